The number of anilines is 1. The third-order valence-corrected chi connectivity index (χ3v) is 5.48. The van der Waals surface area contributed by atoms with Crippen LogP contribution in [0.2, 0.25) is 0 Å². The first-order valence-electron chi connectivity index (χ1n) is 9.65. The highest BCUT2D eigenvalue weighted by atomic mass is 127. The van der Waals surface area contributed by atoms with Gasteiger partial charge < -0.3 is 14.2 Å². The number of benzene rings is 2. The van der Waals surface area contributed by atoms with Gasteiger partial charge in [0.2, 0.25) is 0 Å². The summed E-state index contributed by atoms with van der Waals surface area (Å²) in [5.74, 6) is 0.528. The third kappa shape index (κ3) is 5.10. The van der Waals surface area contributed by atoms with Gasteiger partial charge in [0.25, 0.3) is 11.8 Å². The molecule has 0 unspecified atom stereocenters. The molecular formula is C23H21IN2O5S. The van der Waals surface area contributed by atoms with Crippen molar-refractivity contribution in [2.45, 2.75) is 6.92 Å². The summed E-state index contributed by atoms with van der Waals surface area (Å²) in [5, 5.41) is 2.59. The van der Waals surface area contributed by atoms with E-state index in [9.17, 15) is 9.59 Å². The summed E-state index contributed by atoms with van der Waals surface area (Å²) in [6.45, 7) is 6.32. The number of halogens is 1. The minimum Gasteiger partial charge on any atom is -0.494 e. The van der Waals surface area contributed by atoms with Crippen LogP contribution in [-0.4, -0.2) is 37.3 Å². The van der Waals surface area contributed by atoms with Gasteiger partial charge in [-0.3, -0.25) is 19.8 Å². The molecule has 1 N–H and O–H groups in total. The highest BCUT2D eigenvalue weighted by Crippen LogP contribution is 2.35. The fourth-order valence-electron chi connectivity index (χ4n) is 3.04. The number of thiocarbonyl (C=S) groups is 1. The fourth-order valence-corrected chi connectivity index (χ4v) is 4.11. The van der Waals surface area contributed by atoms with Gasteiger partial charge in [-0.05, 0) is 77.6 Å². The highest BCUT2D eigenvalue weighted by molar-refractivity contribution is 14.1. The second-order valence-corrected chi connectivity index (χ2v) is 8.07. The molecule has 1 fully saturated rings. The lowest BCUT2D eigenvalue weighted by atomic mass is 10.1. The van der Waals surface area contributed by atoms with Crippen molar-refractivity contribution in [3.8, 4) is 17.2 Å². The van der Waals surface area contributed by atoms with Gasteiger partial charge >= 0.3 is 0 Å². The standard InChI is InChI=1S/C23H21IN2O5S/c1-4-9-31-20-18(24)11-14(12-19(20)29-3)10-17-21(27)25-23(32)26(22(17)28)15-7-6-8-16(13-15)30-5-2/h4,6-8,10-13H,1,5,9H2,2-3H3,(H,25,27,32)/b17-10+. The Labute approximate surface area is 205 Å². The molecule has 2 amide bonds. The first-order valence-corrected chi connectivity index (χ1v) is 11.1. The molecular weight excluding hydrogens is 543 g/mol. The minimum absolute atomic E-state index is 0.00568. The van der Waals surface area contributed by atoms with Crippen LogP contribution in [0.15, 0.2) is 54.6 Å². The number of ether oxygens (including phenoxy) is 3. The zero-order chi connectivity index (χ0) is 23.3. The molecule has 2 aromatic rings. The number of methoxy groups -OCH3 is 1. The lowest BCUT2D eigenvalue weighted by Gasteiger charge is -2.29. The molecule has 0 bridgehead atoms. The maximum atomic E-state index is 13.3. The van der Waals surface area contributed by atoms with Crippen LogP contribution in [-0.2, 0) is 9.59 Å². The third-order valence-electron chi connectivity index (χ3n) is 4.40. The summed E-state index contributed by atoms with van der Waals surface area (Å²) in [6, 6.07) is 10.4. The first kappa shape index (κ1) is 23.7. The number of carbonyl (C=O) groups is 2. The molecule has 1 aliphatic heterocycles. The normalized spacial score (nSPS) is 14.9. The van der Waals surface area contributed by atoms with E-state index < -0.39 is 11.8 Å². The summed E-state index contributed by atoms with van der Waals surface area (Å²) in [7, 11) is 1.52. The van der Waals surface area contributed by atoms with Gasteiger partial charge in [0, 0.05) is 6.07 Å². The van der Waals surface area contributed by atoms with Gasteiger partial charge in [0.1, 0.15) is 17.9 Å². The Morgan fingerprint density at radius 2 is 2.00 bits per heavy atom. The summed E-state index contributed by atoms with van der Waals surface area (Å²) >= 11 is 7.37. The van der Waals surface area contributed by atoms with Gasteiger partial charge in [0.15, 0.2) is 16.6 Å². The summed E-state index contributed by atoms with van der Waals surface area (Å²) in [6.07, 6.45) is 3.13. The minimum atomic E-state index is -0.571. The van der Waals surface area contributed by atoms with Crippen molar-refractivity contribution < 1.29 is 23.8 Å². The van der Waals surface area contributed by atoms with Crippen LogP contribution >= 0.6 is 34.8 Å². The molecule has 1 saturated heterocycles. The number of carbonyl (C=O) groups excluding carboxylic acids is 2. The zero-order valence-corrected chi connectivity index (χ0v) is 20.5. The van der Waals surface area contributed by atoms with Crippen LogP contribution in [0.4, 0.5) is 5.69 Å². The van der Waals surface area contributed by atoms with Crippen LogP contribution in [0.5, 0.6) is 17.2 Å². The molecule has 0 saturated carbocycles. The van der Waals surface area contributed by atoms with Crippen molar-refractivity contribution in [1.82, 2.24) is 5.32 Å². The van der Waals surface area contributed by atoms with E-state index in [0.717, 1.165) is 3.57 Å². The average molecular weight is 564 g/mol. The van der Waals surface area contributed by atoms with E-state index in [1.54, 1.807) is 42.5 Å². The van der Waals surface area contributed by atoms with Crippen LogP contribution in [0, 0.1) is 3.57 Å². The Hall–Kier alpha value is -2.92. The van der Waals surface area contributed by atoms with E-state index in [4.69, 9.17) is 26.4 Å². The Morgan fingerprint density at radius 1 is 1.22 bits per heavy atom. The Morgan fingerprint density at radius 3 is 2.69 bits per heavy atom. The van der Waals surface area contributed by atoms with Crippen molar-refractivity contribution in [2.75, 3.05) is 25.2 Å². The van der Waals surface area contributed by atoms with E-state index in [1.165, 1.54) is 18.1 Å². The number of nitrogens with one attached hydrogen (secondary N) is 1. The smallest absolute Gasteiger partial charge is 0.270 e. The van der Waals surface area contributed by atoms with Crippen LogP contribution in [0.25, 0.3) is 6.08 Å². The predicted octanol–water partition coefficient (Wildman–Crippen LogP) is 4.09. The SMILES string of the molecule is C=CCOc1c(I)cc(/C=C2\C(=O)NC(=S)N(c3cccc(OCC)c3)C2=O)cc1OC. The summed E-state index contributed by atoms with van der Waals surface area (Å²) in [4.78, 5) is 27.1. The van der Waals surface area contributed by atoms with Gasteiger partial charge in [-0.25, -0.2) is 0 Å². The zero-order valence-electron chi connectivity index (χ0n) is 17.5. The van der Waals surface area contributed by atoms with Gasteiger partial charge in [-0.2, -0.15) is 0 Å². The topological polar surface area (TPSA) is 77.1 Å². The Balaban J connectivity index is 2.00. The van der Waals surface area contributed by atoms with Crippen molar-refractivity contribution in [3.05, 3.63) is 63.8 Å². The molecule has 9 heteroatoms. The lowest BCUT2D eigenvalue weighted by Crippen LogP contribution is -2.54. The molecule has 0 aromatic heterocycles. The average Bonchev–Trinajstić information content (AvgIpc) is 2.76. The molecule has 32 heavy (non-hydrogen) atoms. The molecule has 1 aliphatic rings. The van der Waals surface area contributed by atoms with Crippen molar-refractivity contribution in [1.29, 1.82) is 0 Å². The van der Waals surface area contributed by atoms with E-state index in [0.29, 0.717) is 41.7 Å². The molecule has 0 spiro atoms. The van der Waals surface area contributed by atoms with Crippen LogP contribution in [0.1, 0.15) is 12.5 Å². The van der Waals surface area contributed by atoms with Crippen LogP contribution < -0.4 is 24.4 Å². The van der Waals surface area contributed by atoms with Gasteiger partial charge in [-0.15, -0.1) is 0 Å². The number of rotatable bonds is 8. The number of hydrogen-bond donors (Lipinski definition) is 1. The second kappa shape index (κ2) is 10.6. The maximum absolute atomic E-state index is 13.3. The number of amides is 2. The fraction of sp³-hybridized carbons (Fsp3) is 0.174. The van der Waals surface area contributed by atoms with Gasteiger partial charge in [0.05, 0.1) is 23.0 Å². The van der Waals surface area contributed by atoms with Crippen molar-refractivity contribution in [3.63, 3.8) is 0 Å². The molecule has 166 valence electrons. The number of nitrogens with zero attached hydrogens (tertiary/aromatic N) is 1. The molecule has 0 aliphatic carbocycles. The van der Waals surface area contributed by atoms with Crippen molar-refractivity contribution in [2.24, 2.45) is 0 Å². The number of hydrogen-bond acceptors (Lipinski definition) is 6. The van der Waals surface area contributed by atoms with E-state index in [2.05, 4.69) is 34.5 Å². The predicted molar refractivity (Wildman–Crippen MR) is 135 cm³/mol. The Kier molecular flexibility index (Phi) is 7.86. The molecule has 7 nitrogen and oxygen atoms in total. The monoisotopic (exact) mass is 564 g/mol. The van der Waals surface area contributed by atoms with Crippen LogP contribution in [0.3, 0.4) is 0 Å². The van der Waals surface area contributed by atoms with E-state index in [-0.39, 0.29) is 10.7 Å². The lowest BCUT2D eigenvalue weighted by molar-refractivity contribution is -0.122. The molecule has 3 rings (SSSR count). The quantitative estimate of drug-likeness (QED) is 0.171. The second-order valence-electron chi connectivity index (χ2n) is 6.52. The Bertz CT molecular complexity index is 1120. The summed E-state index contributed by atoms with van der Waals surface area (Å²) in [5.41, 5.74) is 1.04. The van der Waals surface area contributed by atoms with E-state index >= 15 is 0 Å². The summed E-state index contributed by atoms with van der Waals surface area (Å²) < 4.78 is 17.4. The molecule has 2 aromatic carbocycles. The maximum Gasteiger partial charge on any atom is 0.270 e. The molecule has 0 radical (unpaired) electrons. The molecule has 1 heterocycles. The first-order chi connectivity index (χ1) is 15.4. The largest absolute Gasteiger partial charge is 0.494 e. The van der Waals surface area contributed by atoms with E-state index in [1.807, 2.05) is 6.92 Å². The highest BCUT2D eigenvalue weighted by Gasteiger charge is 2.34. The van der Waals surface area contributed by atoms with Crippen molar-refractivity contribution >= 4 is 63.5 Å². The van der Waals surface area contributed by atoms with Gasteiger partial charge in [-0.1, -0.05) is 18.7 Å². The molecule has 0 atom stereocenters.